The van der Waals surface area contributed by atoms with Gasteiger partial charge in [-0.25, -0.2) is 0 Å². The van der Waals surface area contributed by atoms with Gasteiger partial charge in [0.05, 0.1) is 6.10 Å². The maximum atomic E-state index is 9.44. The van der Waals surface area contributed by atoms with E-state index in [1.165, 1.54) is 25.7 Å². The van der Waals surface area contributed by atoms with Crippen molar-refractivity contribution < 1.29 is 5.11 Å². The molecule has 2 aliphatic rings. The summed E-state index contributed by atoms with van der Waals surface area (Å²) in [6.45, 7) is 1.91. The summed E-state index contributed by atoms with van der Waals surface area (Å²) in [5.41, 5.74) is 5.75. The van der Waals surface area contributed by atoms with Crippen LogP contribution in [0.3, 0.4) is 0 Å². The van der Waals surface area contributed by atoms with E-state index in [0.29, 0.717) is 17.9 Å². The van der Waals surface area contributed by atoms with Crippen molar-refractivity contribution in [2.24, 2.45) is 17.6 Å². The SMILES string of the molecule is NCC1CCCC1NCC1CCC(O)C1. The molecule has 0 bridgehead atoms. The van der Waals surface area contributed by atoms with Crippen molar-refractivity contribution in [3.8, 4) is 0 Å². The monoisotopic (exact) mass is 212 g/mol. The minimum Gasteiger partial charge on any atom is -0.393 e. The molecule has 0 aromatic heterocycles. The molecule has 0 radical (unpaired) electrons. The van der Waals surface area contributed by atoms with E-state index < -0.39 is 0 Å². The second kappa shape index (κ2) is 5.28. The molecule has 88 valence electrons. The van der Waals surface area contributed by atoms with Gasteiger partial charge in [-0.05, 0) is 57.0 Å². The van der Waals surface area contributed by atoms with Gasteiger partial charge in [-0.15, -0.1) is 0 Å². The van der Waals surface area contributed by atoms with E-state index in [2.05, 4.69) is 5.32 Å². The zero-order valence-corrected chi connectivity index (χ0v) is 9.49. The van der Waals surface area contributed by atoms with Gasteiger partial charge >= 0.3 is 0 Å². The van der Waals surface area contributed by atoms with E-state index >= 15 is 0 Å². The van der Waals surface area contributed by atoms with Gasteiger partial charge in [0.15, 0.2) is 0 Å². The molecule has 0 aliphatic heterocycles. The lowest BCUT2D eigenvalue weighted by molar-refractivity contribution is 0.176. The number of hydrogen-bond donors (Lipinski definition) is 3. The number of rotatable bonds is 4. The molecule has 2 aliphatic carbocycles. The third-order valence-corrected chi connectivity index (χ3v) is 4.14. The highest BCUT2D eigenvalue weighted by Gasteiger charge is 2.28. The zero-order chi connectivity index (χ0) is 10.7. The molecule has 0 saturated heterocycles. The van der Waals surface area contributed by atoms with Gasteiger partial charge in [0.1, 0.15) is 0 Å². The van der Waals surface area contributed by atoms with Crippen molar-refractivity contribution in [3.63, 3.8) is 0 Å². The van der Waals surface area contributed by atoms with Crippen molar-refractivity contribution >= 4 is 0 Å². The fraction of sp³-hybridized carbons (Fsp3) is 1.00. The van der Waals surface area contributed by atoms with Crippen molar-refractivity contribution in [1.29, 1.82) is 0 Å². The normalized spacial score (nSPS) is 41.2. The highest BCUT2D eigenvalue weighted by molar-refractivity contribution is 4.85. The van der Waals surface area contributed by atoms with Crippen LogP contribution in [0.1, 0.15) is 38.5 Å². The minimum atomic E-state index is -0.0364. The summed E-state index contributed by atoms with van der Waals surface area (Å²) >= 11 is 0. The standard InChI is InChI=1S/C12H24N2O/c13-7-10-2-1-3-12(10)14-8-9-4-5-11(15)6-9/h9-12,14-15H,1-8,13H2. The minimum absolute atomic E-state index is 0.0364. The second-order valence-electron chi connectivity index (χ2n) is 5.27. The van der Waals surface area contributed by atoms with Crippen LogP contribution in [0.2, 0.25) is 0 Å². The molecule has 0 spiro atoms. The Balaban J connectivity index is 1.68. The van der Waals surface area contributed by atoms with Crippen molar-refractivity contribution in [3.05, 3.63) is 0 Å². The Morgan fingerprint density at radius 2 is 2.07 bits per heavy atom. The van der Waals surface area contributed by atoms with Crippen LogP contribution in [0.5, 0.6) is 0 Å². The van der Waals surface area contributed by atoms with E-state index in [1.54, 1.807) is 0 Å². The molecule has 15 heavy (non-hydrogen) atoms. The highest BCUT2D eigenvalue weighted by Crippen LogP contribution is 2.27. The lowest BCUT2D eigenvalue weighted by Gasteiger charge is -2.21. The molecule has 4 unspecified atom stereocenters. The van der Waals surface area contributed by atoms with Crippen LogP contribution in [0.15, 0.2) is 0 Å². The summed E-state index contributed by atoms with van der Waals surface area (Å²) in [6.07, 6.45) is 7.05. The van der Waals surface area contributed by atoms with Gasteiger partial charge in [0.25, 0.3) is 0 Å². The van der Waals surface area contributed by atoms with E-state index in [9.17, 15) is 5.11 Å². The number of hydrogen-bond acceptors (Lipinski definition) is 3. The van der Waals surface area contributed by atoms with Crippen LogP contribution in [0.25, 0.3) is 0 Å². The van der Waals surface area contributed by atoms with Crippen molar-refractivity contribution in [2.45, 2.75) is 50.7 Å². The zero-order valence-electron chi connectivity index (χ0n) is 9.49. The fourth-order valence-corrected chi connectivity index (χ4v) is 3.14. The molecule has 0 heterocycles. The first-order valence-corrected chi connectivity index (χ1v) is 6.41. The van der Waals surface area contributed by atoms with Gasteiger partial charge in [0.2, 0.25) is 0 Å². The van der Waals surface area contributed by atoms with Gasteiger partial charge in [-0.3, -0.25) is 0 Å². The summed E-state index contributed by atoms with van der Waals surface area (Å²) in [5.74, 6) is 1.38. The van der Waals surface area contributed by atoms with Crippen LogP contribution < -0.4 is 11.1 Å². The summed E-state index contributed by atoms with van der Waals surface area (Å²) in [6, 6.07) is 0.646. The lowest BCUT2D eigenvalue weighted by atomic mass is 10.0. The summed E-state index contributed by atoms with van der Waals surface area (Å²) in [7, 11) is 0. The van der Waals surface area contributed by atoms with Gasteiger partial charge < -0.3 is 16.2 Å². The predicted molar refractivity (Wildman–Crippen MR) is 61.5 cm³/mol. The Labute approximate surface area is 92.4 Å². The molecule has 0 aromatic carbocycles. The molecule has 3 heteroatoms. The Kier molecular flexibility index (Phi) is 4.00. The highest BCUT2D eigenvalue weighted by atomic mass is 16.3. The molecule has 3 nitrogen and oxygen atoms in total. The topological polar surface area (TPSA) is 58.3 Å². The smallest absolute Gasteiger partial charge is 0.0543 e. The lowest BCUT2D eigenvalue weighted by Crippen LogP contribution is -2.38. The quantitative estimate of drug-likeness (QED) is 0.648. The maximum absolute atomic E-state index is 9.44. The first-order valence-electron chi connectivity index (χ1n) is 6.41. The van der Waals surface area contributed by atoms with Gasteiger partial charge in [-0.1, -0.05) is 6.42 Å². The summed E-state index contributed by atoms with van der Waals surface area (Å²) in [5, 5.41) is 13.1. The molecule has 4 N–H and O–H groups in total. The maximum Gasteiger partial charge on any atom is 0.0543 e. The second-order valence-corrected chi connectivity index (χ2v) is 5.27. The van der Waals surface area contributed by atoms with Crippen molar-refractivity contribution in [2.75, 3.05) is 13.1 Å². The third kappa shape index (κ3) is 2.92. The van der Waals surface area contributed by atoms with E-state index in [1.807, 2.05) is 0 Å². The number of aliphatic hydroxyl groups excluding tert-OH is 1. The Hall–Kier alpha value is -0.120. The number of nitrogens with one attached hydrogen (secondary N) is 1. The molecular formula is C12H24N2O. The van der Waals surface area contributed by atoms with Gasteiger partial charge in [0, 0.05) is 6.04 Å². The van der Waals surface area contributed by atoms with E-state index in [-0.39, 0.29) is 6.10 Å². The largest absolute Gasteiger partial charge is 0.393 e. The Morgan fingerprint density at radius 3 is 2.73 bits per heavy atom. The van der Waals surface area contributed by atoms with E-state index in [0.717, 1.165) is 25.9 Å². The Morgan fingerprint density at radius 1 is 1.20 bits per heavy atom. The van der Waals surface area contributed by atoms with Crippen molar-refractivity contribution in [1.82, 2.24) is 5.32 Å². The summed E-state index contributed by atoms with van der Waals surface area (Å²) in [4.78, 5) is 0. The molecule has 0 amide bonds. The average molecular weight is 212 g/mol. The van der Waals surface area contributed by atoms with Crippen LogP contribution in [0, 0.1) is 11.8 Å². The molecule has 2 saturated carbocycles. The van der Waals surface area contributed by atoms with Crippen LogP contribution in [-0.4, -0.2) is 30.3 Å². The first kappa shape index (κ1) is 11.4. The number of nitrogens with two attached hydrogens (primary N) is 1. The molecule has 2 fully saturated rings. The first-order chi connectivity index (χ1) is 7.29. The molecule has 2 rings (SSSR count). The van der Waals surface area contributed by atoms with E-state index in [4.69, 9.17) is 5.73 Å². The molecular weight excluding hydrogens is 188 g/mol. The van der Waals surface area contributed by atoms with Gasteiger partial charge in [-0.2, -0.15) is 0 Å². The third-order valence-electron chi connectivity index (χ3n) is 4.14. The average Bonchev–Trinajstić information content (AvgIpc) is 2.83. The van der Waals surface area contributed by atoms with Crippen LogP contribution >= 0.6 is 0 Å². The Bertz CT molecular complexity index is 198. The molecule has 4 atom stereocenters. The molecule has 0 aromatic rings. The van der Waals surface area contributed by atoms with Crippen LogP contribution in [-0.2, 0) is 0 Å². The number of aliphatic hydroxyl groups is 1. The predicted octanol–water partition coefficient (Wildman–Crippen LogP) is 0.864. The fourth-order valence-electron chi connectivity index (χ4n) is 3.14. The summed E-state index contributed by atoms with van der Waals surface area (Å²) < 4.78 is 0. The van der Waals surface area contributed by atoms with Crippen LogP contribution in [0.4, 0.5) is 0 Å².